The van der Waals surface area contributed by atoms with Crippen LogP contribution in [0.3, 0.4) is 0 Å². The van der Waals surface area contributed by atoms with Gasteiger partial charge in [0.2, 0.25) is 5.90 Å². The van der Waals surface area contributed by atoms with Crippen molar-refractivity contribution in [2.24, 2.45) is 4.99 Å². The molecule has 0 saturated carbocycles. The van der Waals surface area contributed by atoms with Gasteiger partial charge in [-0.05, 0) is 35.4 Å². The lowest BCUT2D eigenvalue weighted by molar-refractivity contribution is -0.384. The molecule has 1 aliphatic heterocycles. The first kappa shape index (κ1) is 17.1. The average Bonchev–Trinajstić information content (AvgIpc) is 3.00. The molecular formula is C19H14N2O5. The number of hydrogen-bond donors (Lipinski definition) is 0. The Balaban J connectivity index is 1.78. The second kappa shape index (κ2) is 7.43. The van der Waals surface area contributed by atoms with Gasteiger partial charge in [0.25, 0.3) is 5.69 Å². The highest BCUT2D eigenvalue weighted by Gasteiger charge is 2.21. The van der Waals surface area contributed by atoms with E-state index in [2.05, 4.69) is 4.99 Å². The van der Waals surface area contributed by atoms with Gasteiger partial charge in [-0.3, -0.25) is 10.1 Å². The van der Waals surface area contributed by atoms with Gasteiger partial charge in [-0.2, -0.15) is 0 Å². The van der Waals surface area contributed by atoms with Crippen LogP contribution in [0.1, 0.15) is 11.1 Å². The number of nitro groups is 1. The predicted molar refractivity (Wildman–Crippen MR) is 96.6 cm³/mol. The first-order valence-electron chi connectivity index (χ1n) is 7.64. The lowest BCUT2D eigenvalue weighted by Gasteiger charge is -1.99. The summed E-state index contributed by atoms with van der Waals surface area (Å²) < 4.78 is 10.2. The van der Waals surface area contributed by atoms with Crippen LogP contribution < -0.4 is 4.74 Å². The van der Waals surface area contributed by atoms with Crippen molar-refractivity contribution < 1.29 is 19.2 Å². The Kier molecular flexibility index (Phi) is 4.89. The van der Waals surface area contributed by atoms with Crippen molar-refractivity contribution in [1.82, 2.24) is 0 Å². The Morgan fingerprint density at radius 1 is 1.12 bits per heavy atom. The molecule has 0 aliphatic carbocycles. The van der Waals surface area contributed by atoms with Gasteiger partial charge >= 0.3 is 5.97 Å². The first-order chi connectivity index (χ1) is 12.5. The molecule has 26 heavy (non-hydrogen) atoms. The van der Waals surface area contributed by atoms with Gasteiger partial charge in [0.15, 0.2) is 5.70 Å². The lowest BCUT2D eigenvalue weighted by atomic mass is 10.2. The minimum absolute atomic E-state index is 0.0161. The van der Waals surface area contributed by atoms with Gasteiger partial charge in [0.1, 0.15) is 5.75 Å². The van der Waals surface area contributed by atoms with Crippen LogP contribution in [0.2, 0.25) is 0 Å². The average molecular weight is 350 g/mol. The van der Waals surface area contributed by atoms with E-state index in [1.165, 1.54) is 18.2 Å². The standard InChI is InChI=1S/C19H14N2O5/c1-25-16-8-5-14(6-9-16)12-17-19(22)26-18(20-17)10-7-13-3-2-4-15(11-13)21(23)24/h2-12H,1H3/b10-7+,17-12-. The van der Waals surface area contributed by atoms with Crippen LogP contribution in [0.25, 0.3) is 12.2 Å². The van der Waals surface area contributed by atoms with Gasteiger partial charge in [-0.25, -0.2) is 9.79 Å². The number of esters is 1. The van der Waals surface area contributed by atoms with Crippen molar-refractivity contribution in [3.8, 4) is 5.75 Å². The van der Waals surface area contributed by atoms with E-state index in [9.17, 15) is 14.9 Å². The number of benzene rings is 2. The number of nitrogens with zero attached hydrogens (tertiary/aromatic N) is 2. The van der Waals surface area contributed by atoms with Crippen LogP contribution in [-0.2, 0) is 9.53 Å². The Morgan fingerprint density at radius 2 is 1.88 bits per heavy atom. The fraction of sp³-hybridized carbons (Fsp3) is 0.0526. The molecule has 0 atom stereocenters. The van der Waals surface area contributed by atoms with Gasteiger partial charge < -0.3 is 9.47 Å². The Hall–Kier alpha value is -3.74. The third kappa shape index (κ3) is 4.02. The maximum absolute atomic E-state index is 11.9. The fourth-order valence-electron chi connectivity index (χ4n) is 2.26. The number of cyclic esters (lactones) is 1. The van der Waals surface area contributed by atoms with Crippen molar-refractivity contribution in [2.75, 3.05) is 7.11 Å². The van der Waals surface area contributed by atoms with Crippen molar-refractivity contribution in [2.45, 2.75) is 0 Å². The molecule has 2 aromatic carbocycles. The van der Waals surface area contributed by atoms with Crippen molar-refractivity contribution in [3.63, 3.8) is 0 Å². The molecule has 3 rings (SSSR count). The predicted octanol–water partition coefficient (Wildman–Crippen LogP) is 3.61. The molecule has 0 radical (unpaired) electrons. The van der Waals surface area contributed by atoms with E-state index in [0.29, 0.717) is 11.3 Å². The minimum Gasteiger partial charge on any atom is -0.497 e. The number of carbonyl (C=O) groups excluding carboxylic acids is 1. The SMILES string of the molecule is COc1ccc(/C=C2N=C(/C=C/c3cccc([N+](=O)[O-])c3)OC\2=O)cc1. The largest absolute Gasteiger partial charge is 0.497 e. The summed E-state index contributed by atoms with van der Waals surface area (Å²) in [5.41, 5.74) is 1.54. The Bertz CT molecular complexity index is 943. The summed E-state index contributed by atoms with van der Waals surface area (Å²) in [6.45, 7) is 0. The van der Waals surface area contributed by atoms with Gasteiger partial charge in [0.05, 0.1) is 12.0 Å². The fourth-order valence-corrected chi connectivity index (χ4v) is 2.26. The lowest BCUT2D eigenvalue weighted by Crippen LogP contribution is -2.01. The topological polar surface area (TPSA) is 91.0 Å². The molecule has 0 N–H and O–H groups in total. The van der Waals surface area contributed by atoms with E-state index >= 15 is 0 Å². The van der Waals surface area contributed by atoms with Crippen molar-refractivity contribution in [1.29, 1.82) is 0 Å². The summed E-state index contributed by atoms with van der Waals surface area (Å²) in [5, 5.41) is 10.8. The monoisotopic (exact) mass is 350 g/mol. The number of hydrogen-bond acceptors (Lipinski definition) is 6. The molecule has 1 aliphatic rings. The summed E-state index contributed by atoms with van der Waals surface area (Å²) in [5.74, 6) is 0.283. The number of ether oxygens (including phenoxy) is 2. The molecule has 0 amide bonds. The maximum atomic E-state index is 11.9. The second-order valence-corrected chi connectivity index (χ2v) is 5.33. The zero-order valence-corrected chi connectivity index (χ0v) is 13.8. The van der Waals surface area contributed by atoms with E-state index in [1.807, 2.05) is 0 Å². The normalized spacial score (nSPS) is 15.2. The quantitative estimate of drug-likeness (QED) is 0.355. The molecule has 0 saturated heterocycles. The first-order valence-corrected chi connectivity index (χ1v) is 7.64. The van der Waals surface area contributed by atoms with Crippen molar-refractivity contribution in [3.05, 3.63) is 81.5 Å². The Morgan fingerprint density at radius 3 is 2.58 bits per heavy atom. The molecule has 7 nitrogen and oxygen atoms in total. The van der Waals surface area contributed by atoms with Crippen LogP contribution in [-0.4, -0.2) is 23.9 Å². The zero-order valence-electron chi connectivity index (χ0n) is 13.8. The number of non-ortho nitro benzene ring substituents is 1. The molecule has 0 unspecified atom stereocenters. The molecule has 7 heteroatoms. The summed E-state index contributed by atoms with van der Waals surface area (Å²) in [7, 11) is 1.58. The highest BCUT2D eigenvalue weighted by atomic mass is 16.6. The smallest absolute Gasteiger partial charge is 0.363 e. The second-order valence-electron chi connectivity index (χ2n) is 5.33. The number of aliphatic imine (C=N–C) groups is 1. The maximum Gasteiger partial charge on any atom is 0.363 e. The molecular weight excluding hydrogens is 336 g/mol. The molecule has 0 fully saturated rings. The summed E-state index contributed by atoms with van der Waals surface area (Å²) in [6, 6.07) is 13.3. The number of carbonyl (C=O) groups is 1. The molecule has 0 spiro atoms. The summed E-state index contributed by atoms with van der Waals surface area (Å²) in [6.07, 6.45) is 4.69. The van der Waals surface area contributed by atoms with Crippen LogP contribution in [0.4, 0.5) is 5.69 Å². The third-order valence-electron chi connectivity index (χ3n) is 3.56. The molecule has 2 aromatic rings. The van der Waals surface area contributed by atoms with E-state index in [0.717, 1.165) is 5.56 Å². The molecule has 130 valence electrons. The number of rotatable bonds is 5. The van der Waals surface area contributed by atoms with Gasteiger partial charge in [-0.15, -0.1) is 0 Å². The van der Waals surface area contributed by atoms with E-state index < -0.39 is 10.9 Å². The highest BCUT2D eigenvalue weighted by molar-refractivity contribution is 6.11. The summed E-state index contributed by atoms with van der Waals surface area (Å²) in [4.78, 5) is 26.4. The van der Waals surface area contributed by atoms with E-state index in [-0.39, 0.29) is 17.3 Å². The third-order valence-corrected chi connectivity index (χ3v) is 3.56. The molecule has 0 aromatic heterocycles. The number of methoxy groups -OCH3 is 1. The molecule has 0 bridgehead atoms. The minimum atomic E-state index is -0.556. The van der Waals surface area contributed by atoms with Crippen LogP contribution in [0, 0.1) is 10.1 Å². The van der Waals surface area contributed by atoms with Gasteiger partial charge in [-0.1, -0.05) is 24.3 Å². The molecule has 1 heterocycles. The zero-order chi connectivity index (χ0) is 18.5. The highest BCUT2D eigenvalue weighted by Crippen LogP contribution is 2.19. The number of nitro benzene ring substituents is 1. The van der Waals surface area contributed by atoms with Gasteiger partial charge in [0, 0.05) is 18.2 Å². The Labute approximate surface area is 149 Å². The van der Waals surface area contributed by atoms with Crippen molar-refractivity contribution >= 4 is 29.7 Å². The van der Waals surface area contributed by atoms with Crippen LogP contribution in [0.5, 0.6) is 5.75 Å². The van der Waals surface area contributed by atoms with E-state index in [1.54, 1.807) is 55.7 Å². The summed E-state index contributed by atoms with van der Waals surface area (Å²) >= 11 is 0. The van der Waals surface area contributed by atoms with Crippen LogP contribution in [0.15, 0.2) is 65.3 Å². The van der Waals surface area contributed by atoms with E-state index in [4.69, 9.17) is 9.47 Å². The van der Waals surface area contributed by atoms with Crippen LogP contribution >= 0.6 is 0 Å².